The van der Waals surface area contributed by atoms with Gasteiger partial charge in [-0.25, -0.2) is 9.97 Å². The van der Waals surface area contributed by atoms with E-state index in [0.717, 1.165) is 11.6 Å². The molecule has 0 fully saturated rings. The smallest absolute Gasteiger partial charge is 0.455 e. The molecule has 0 spiro atoms. The Bertz CT molecular complexity index is 1370. The third-order valence-electron chi connectivity index (χ3n) is 4.71. The van der Waals surface area contributed by atoms with Gasteiger partial charge in [-0.2, -0.15) is 0 Å². The van der Waals surface area contributed by atoms with E-state index in [-0.39, 0.29) is 22.4 Å². The van der Waals surface area contributed by atoms with Crippen molar-refractivity contribution < 1.29 is 27.4 Å². The van der Waals surface area contributed by atoms with E-state index in [2.05, 4.69) is 25.3 Å². The van der Waals surface area contributed by atoms with Crippen LogP contribution in [0.4, 0.5) is 24.8 Å². The molecule has 0 radical (unpaired) electrons. The molecule has 0 atom stereocenters. The molecule has 1 amide bonds. The molecule has 8 nitrogen and oxygen atoms in total. The van der Waals surface area contributed by atoms with E-state index >= 15 is 0 Å². The number of nitrogens with zero attached hydrogens (tertiary/aromatic N) is 3. The number of anilines is 2. The van der Waals surface area contributed by atoms with Gasteiger partial charge >= 0.3 is 6.36 Å². The van der Waals surface area contributed by atoms with Crippen molar-refractivity contribution in [3.8, 4) is 17.2 Å². The average Bonchev–Trinajstić information content (AvgIpc) is 3.09. The fraction of sp³-hybridized carbons (Fsp3) is 0.136. The first kappa shape index (κ1) is 23.2. The first-order chi connectivity index (χ1) is 16.1. The number of ether oxygens (including phenoxy) is 2. The molecule has 2 aromatic heterocycles. The van der Waals surface area contributed by atoms with Crippen molar-refractivity contribution >= 4 is 40.2 Å². The number of benzene rings is 2. The molecule has 0 unspecified atom stereocenters. The molecule has 4 rings (SSSR count). The van der Waals surface area contributed by atoms with Crippen LogP contribution in [0, 0.1) is 0 Å². The first-order valence-corrected chi connectivity index (χ1v) is 10.2. The summed E-state index contributed by atoms with van der Waals surface area (Å²) in [5, 5.41) is 5.32. The zero-order valence-electron chi connectivity index (χ0n) is 17.8. The summed E-state index contributed by atoms with van der Waals surface area (Å²) < 4.78 is 48.8. The van der Waals surface area contributed by atoms with Crippen LogP contribution >= 0.6 is 11.6 Å². The largest absolute Gasteiger partial charge is 0.573 e. The van der Waals surface area contributed by atoms with Crippen LogP contribution in [0.5, 0.6) is 17.2 Å². The highest BCUT2D eigenvalue weighted by atomic mass is 35.5. The molecule has 34 heavy (non-hydrogen) atoms. The van der Waals surface area contributed by atoms with Gasteiger partial charge in [-0.05, 0) is 42.5 Å². The number of amides is 1. The lowest BCUT2D eigenvalue weighted by Crippen LogP contribution is -2.19. The van der Waals surface area contributed by atoms with Crippen LogP contribution < -0.4 is 20.1 Å². The summed E-state index contributed by atoms with van der Waals surface area (Å²) in [7, 11) is 3.27. The number of rotatable bonds is 6. The number of halogens is 4. The van der Waals surface area contributed by atoms with Crippen molar-refractivity contribution in [1.82, 2.24) is 19.9 Å². The highest BCUT2D eigenvalue weighted by Crippen LogP contribution is 2.34. The third kappa shape index (κ3) is 4.99. The lowest BCUT2D eigenvalue weighted by Gasteiger charge is -2.12. The topological polar surface area (TPSA) is 90.3 Å². The van der Waals surface area contributed by atoms with Crippen LogP contribution in [-0.2, 0) is 7.05 Å². The number of nitrogens with one attached hydrogen (secondary N) is 2. The molecule has 2 heterocycles. The number of carbonyl (C=O) groups is 1. The Hall–Kier alpha value is -3.99. The van der Waals surface area contributed by atoms with Gasteiger partial charge in [0.05, 0.1) is 16.1 Å². The van der Waals surface area contributed by atoms with Crippen molar-refractivity contribution in [1.29, 1.82) is 0 Å². The van der Waals surface area contributed by atoms with E-state index in [0.29, 0.717) is 22.9 Å². The number of imidazole rings is 1. The Labute approximate surface area is 196 Å². The number of hydrogen-bond acceptors (Lipinski definition) is 6. The van der Waals surface area contributed by atoms with Gasteiger partial charge in [-0.3, -0.25) is 4.79 Å². The Morgan fingerprint density at radius 3 is 2.62 bits per heavy atom. The van der Waals surface area contributed by atoms with Gasteiger partial charge in [-0.15, -0.1) is 13.2 Å². The fourth-order valence-electron chi connectivity index (χ4n) is 3.16. The molecule has 0 aliphatic heterocycles. The van der Waals surface area contributed by atoms with Crippen LogP contribution in [0.2, 0.25) is 5.02 Å². The second-order valence-corrected chi connectivity index (χ2v) is 7.40. The molecule has 0 saturated carbocycles. The summed E-state index contributed by atoms with van der Waals surface area (Å²) in [6, 6.07) is 12.3. The number of hydrogen-bond donors (Lipinski definition) is 2. The van der Waals surface area contributed by atoms with Crippen molar-refractivity contribution in [3.05, 3.63) is 65.4 Å². The number of alkyl halides is 3. The van der Waals surface area contributed by atoms with Crippen LogP contribution in [0.1, 0.15) is 10.5 Å². The minimum Gasteiger partial charge on any atom is -0.455 e. The summed E-state index contributed by atoms with van der Waals surface area (Å²) in [6.45, 7) is 0. The van der Waals surface area contributed by atoms with Gasteiger partial charge < -0.3 is 24.7 Å². The molecular weight excluding hydrogens is 475 g/mol. The van der Waals surface area contributed by atoms with Crippen molar-refractivity contribution in [2.45, 2.75) is 6.36 Å². The minimum atomic E-state index is -4.84. The first-order valence-electron chi connectivity index (χ1n) is 9.78. The SMILES string of the molecule is CNC(=O)c1ncccc1Oc1ccc2c(c1)nc(Nc1ccc(OC(F)(F)F)c(Cl)c1)n2C. The Kier molecular flexibility index (Phi) is 6.20. The normalized spacial score (nSPS) is 11.4. The number of carbonyl (C=O) groups excluding carboxylic acids is 1. The van der Waals surface area contributed by atoms with Crippen LogP contribution in [0.3, 0.4) is 0 Å². The maximum absolute atomic E-state index is 12.4. The highest BCUT2D eigenvalue weighted by molar-refractivity contribution is 6.32. The molecule has 0 aliphatic carbocycles. The molecule has 0 saturated heterocycles. The summed E-state index contributed by atoms with van der Waals surface area (Å²) in [4.78, 5) is 20.6. The molecule has 2 N–H and O–H groups in total. The molecule has 176 valence electrons. The minimum absolute atomic E-state index is 0.142. The predicted molar refractivity (Wildman–Crippen MR) is 120 cm³/mol. The van der Waals surface area contributed by atoms with Gasteiger partial charge in [0.15, 0.2) is 11.4 Å². The number of aryl methyl sites for hydroxylation is 1. The number of fused-ring (bicyclic) bond motifs is 1. The van der Waals surface area contributed by atoms with Gasteiger partial charge in [-0.1, -0.05) is 11.6 Å². The van der Waals surface area contributed by atoms with Crippen molar-refractivity contribution in [2.75, 3.05) is 12.4 Å². The quantitative estimate of drug-likeness (QED) is 0.374. The molecular formula is C22H17ClF3N5O3. The summed E-state index contributed by atoms with van der Waals surface area (Å²) in [5.74, 6) is 0.253. The Morgan fingerprint density at radius 2 is 1.91 bits per heavy atom. The van der Waals surface area contributed by atoms with Crippen LogP contribution in [0.25, 0.3) is 11.0 Å². The van der Waals surface area contributed by atoms with Gasteiger partial charge in [0.1, 0.15) is 11.5 Å². The summed E-state index contributed by atoms with van der Waals surface area (Å²) in [6.07, 6.45) is -3.35. The Morgan fingerprint density at radius 1 is 1.12 bits per heavy atom. The second kappa shape index (κ2) is 9.10. The van der Waals surface area contributed by atoms with Crippen LogP contribution in [0.15, 0.2) is 54.7 Å². The zero-order chi connectivity index (χ0) is 24.5. The van der Waals surface area contributed by atoms with E-state index < -0.39 is 12.1 Å². The van der Waals surface area contributed by atoms with E-state index in [9.17, 15) is 18.0 Å². The van der Waals surface area contributed by atoms with E-state index in [1.165, 1.54) is 25.4 Å². The number of aromatic nitrogens is 3. The van der Waals surface area contributed by atoms with Gasteiger partial charge in [0.2, 0.25) is 5.95 Å². The van der Waals surface area contributed by atoms with Crippen LogP contribution in [-0.4, -0.2) is 33.9 Å². The highest BCUT2D eigenvalue weighted by Gasteiger charge is 2.32. The zero-order valence-corrected chi connectivity index (χ0v) is 18.5. The molecule has 0 aliphatic rings. The average molecular weight is 492 g/mol. The van der Waals surface area contributed by atoms with Gasteiger partial charge in [0, 0.05) is 32.0 Å². The predicted octanol–water partition coefficient (Wildman–Crippen LogP) is 5.42. The maximum Gasteiger partial charge on any atom is 0.573 e. The molecule has 12 heteroatoms. The molecule has 2 aromatic carbocycles. The van der Waals surface area contributed by atoms with Crippen molar-refractivity contribution in [2.24, 2.45) is 7.05 Å². The summed E-state index contributed by atoms with van der Waals surface area (Å²) >= 11 is 5.92. The monoisotopic (exact) mass is 491 g/mol. The second-order valence-electron chi connectivity index (χ2n) is 6.99. The van der Waals surface area contributed by atoms with E-state index in [4.69, 9.17) is 16.3 Å². The van der Waals surface area contributed by atoms with Gasteiger partial charge in [0.25, 0.3) is 5.91 Å². The lowest BCUT2D eigenvalue weighted by atomic mass is 10.2. The standard InChI is InChI=1S/C22H17ClF3N5O3/c1-27-20(32)19-18(4-3-9-28-19)33-13-6-7-16-15(11-13)30-21(31(16)2)29-12-5-8-17(14(23)10-12)34-22(24,25)26/h3-11H,1-2H3,(H,27,32)(H,29,30). The third-order valence-corrected chi connectivity index (χ3v) is 5.00. The lowest BCUT2D eigenvalue weighted by molar-refractivity contribution is -0.274. The molecule has 0 bridgehead atoms. The fourth-order valence-corrected chi connectivity index (χ4v) is 3.38. The molecule has 4 aromatic rings. The summed E-state index contributed by atoms with van der Waals surface area (Å²) in [5.41, 5.74) is 1.90. The Balaban J connectivity index is 1.58. The van der Waals surface area contributed by atoms with Crippen molar-refractivity contribution in [3.63, 3.8) is 0 Å². The number of pyridine rings is 1. The van der Waals surface area contributed by atoms with E-state index in [1.807, 2.05) is 0 Å². The van der Waals surface area contributed by atoms with E-state index in [1.54, 1.807) is 41.9 Å². The maximum atomic E-state index is 12.4.